The summed E-state index contributed by atoms with van der Waals surface area (Å²) in [6.07, 6.45) is 5.34. The molecule has 36 heavy (non-hydrogen) atoms. The predicted molar refractivity (Wildman–Crippen MR) is 141 cm³/mol. The number of nitrogens with one attached hydrogen (secondary N) is 2. The molecule has 0 aliphatic rings. The fourth-order valence-corrected chi connectivity index (χ4v) is 3.91. The van der Waals surface area contributed by atoms with E-state index in [1.165, 1.54) is 6.07 Å². The van der Waals surface area contributed by atoms with Crippen LogP contribution in [0.15, 0.2) is 91.4 Å². The van der Waals surface area contributed by atoms with Gasteiger partial charge in [0, 0.05) is 35.4 Å². The number of para-hydroxylation sites is 1. The zero-order valence-corrected chi connectivity index (χ0v) is 20.3. The molecule has 180 valence electrons. The summed E-state index contributed by atoms with van der Waals surface area (Å²) in [5.74, 6) is -0.335. The Hall–Kier alpha value is -4.52. The van der Waals surface area contributed by atoms with Crippen molar-refractivity contribution in [3.63, 3.8) is 0 Å². The monoisotopic (exact) mass is 479 g/mol. The number of carbonyl (C=O) groups is 1. The standard InChI is InChI=1S/C29H26FN5O/c1-29(2,3)21-12-9-19(10-13-21)28(36)34-24-17-20(11-14-23(24)30)25-18-35-16-15-31-27(35)26(33-25)32-22-7-5-4-6-8-22/h4-18H,1-3H3,(H,32,33)(H,34,36). The van der Waals surface area contributed by atoms with Crippen LogP contribution >= 0.6 is 0 Å². The second-order valence-corrected chi connectivity index (χ2v) is 9.60. The Labute approximate surface area is 208 Å². The fourth-order valence-electron chi connectivity index (χ4n) is 3.91. The third-order valence-electron chi connectivity index (χ3n) is 5.93. The van der Waals surface area contributed by atoms with Gasteiger partial charge in [-0.2, -0.15) is 0 Å². The molecular formula is C29H26FN5O. The smallest absolute Gasteiger partial charge is 0.255 e. The first-order chi connectivity index (χ1) is 17.3. The van der Waals surface area contributed by atoms with Crippen LogP contribution in [0.4, 0.5) is 21.6 Å². The van der Waals surface area contributed by atoms with Crippen LogP contribution in [0.3, 0.4) is 0 Å². The molecule has 0 aliphatic heterocycles. The number of amides is 1. The summed E-state index contributed by atoms with van der Waals surface area (Å²) in [6, 6.07) is 21.6. The van der Waals surface area contributed by atoms with Crippen molar-refractivity contribution in [2.24, 2.45) is 0 Å². The highest BCUT2D eigenvalue weighted by molar-refractivity contribution is 6.04. The van der Waals surface area contributed by atoms with E-state index in [0.717, 1.165) is 11.3 Å². The van der Waals surface area contributed by atoms with Crippen LogP contribution < -0.4 is 10.6 Å². The Morgan fingerprint density at radius 2 is 1.72 bits per heavy atom. The lowest BCUT2D eigenvalue weighted by molar-refractivity contribution is 0.102. The normalized spacial score (nSPS) is 11.4. The van der Waals surface area contributed by atoms with E-state index < -0.39 is 5.82 Å². The molecule has 0 saturated heterocycles. The van der Waals surface area contributed by atoms with Gasteiger partial charge < -0.3 is 15.0 Å². The number of halogens is 1. The van der Waals surface area contributed by atoms with Crippen molar-refractivity contribution in [1.29, 1.82) is 0 Å². The van der Waals surface area contributed by atoms with Crippen molar-refractivity contribution in [3.8, 4) is 11.3 Å². The zero-order chi connectivity index (χ0) is 25.3. The summed E-state index contributed by atoms with van der Waals surface area (Å²) in [5.41, 5.74) is 4.43. The molecule has 0 unspecified atom stereocenters. The van der Waals surface area contributed by atoms with E-state index in [0.29, 0.717) is 28.3 Å². The maximum atomic E-state index is 14.7. The molecule has 0 atom stereocenters. The largest absolute Gasteiger partial charge is 0.337 e. The summed E-state index contributed by atoms with van der Waals surface area (Å²) in [7, 11) is 0. The third kappa shape index (κ3) is 4.81. The van der Waals surface area contributed by atoms with Crippen LogP contribution in [0, 0.1) is 5.82 Å². The Bertz CT molecular complexity index is 1540. The number of benzene rings is 3. The number of anilines is 3. The van der Waals surface area contributed by atoms with Crippen molar-refractivity contribution in [3.05, 3.63) is 108 Å². The van der Waals surface area contributed by atoms with E-state index >= 15 is 0 Å². The number of hydrogen-bond acceptors (Lipinski definition) is 4. The predicted octanol–water partition coefficient (Wildman–Crippen LogP) is 6.83. The molecule has 3 aromatic carbocycles. The lowest BCUT2D eigenvalue weighted by Gasteiger charge is -2.19. The Kier molecular flexibility index (Phi) is 5.98. The molecule has 0 bridgehead atoms. The van der Waals surface area contributed by atoms with Crippen molar-refractivity contribution in [1.82, 2.24) is 14.4 Å². The second-order valence-electron chi connectivity index (χ2n) is 9.60. The minimum absolute atomic E-state index is 0.0208. The van der Waals surface area contributed by atoms with Crippen molar-refractivity contribution in [2.45, 2.75) is 26.2 Å². The van der Waals surface area contributed by atoms with Crippen LogP contribution in [-0.2, 0) is 5.41 Å². The number of carbonyl (C=O) groups excluding carboxylic acids is 1. The molecular weight excluding hydrogens is 453 g/mol. The average molecular weight is 480 g/mol. The van der Waals surface area contributed by atoms with Gasteiger partial charge in [0.1, 0.15) is 5.82 Å². The van der Waals surface area contributed by atoms with E-state index in [1.807, 2.05) is 59.3 Å². The Morgan fingerprint density at radius 1 is 0.972 bits per heavy atom. The number of hydrogen-bond donors (Lipinski definition) is 2. The topological polar surface area (TPSA) is 71.3 Å². The van der Waals surface area contributed by atoms with Crippen molar-refractivity contribution >= 4 is 28.7 Å². The van der Waals surface area contributed by atoms with Gasteiger partial charge in [-0.1, -0.05) is 51.1 Å². The quantitative estimate of drug-likeness (QED) is 0.290. The molecule has 2 heterocycles. The first-order valence-corrected chi connectivity index (χ1v) is 11.7. The number of rotatable bonds is 5. The summed E-state index contributed by atoms with van der Waals surface area (Å²) < 4.78 is 16.5. The van der Waals surface area contributed by atoms with E-state index in [2.05, 4.69) is 36.4 Å². The summed E-state index contributed by atoms with van der Waals surface area (Å²) in [6.45, 7) is 6.33. The molecule has 0 saturated carbocycles. The molecule has 5 aromatic rings. The first-order valence-electron chi connectivity index (χ1n) is 11.7. The van der Waals surface area contributed by atoms with Crippen LogP contribution in [0.25, 0.3) is 16.9 Å². The highest BCUT2D eigenvalue weighted by atomic mass is 19.1. The minimum atomic E-state index is -0.523. The SMILES string of the molecule is CC(C)(C)c1ccc(C(=O)Nc2cc(-c3cn4ccnc4c(Nc4ccccc4)n3)ccc2F)cc1. The highest BCUT2D eigenvalue weighted by Gasteiger charge is 2.16. The van der Waals surface area contributed by atoms with Gasteiger partial charge in [-0.3, -0.25) is 4.79 Å². The van der Waals surface area contributed by atoms with Crippen molar-refractivity contribution in [2.75, 3.05) is 10.6 Å². The molecule has 2 aromatic heterocycles. The fraction of sp³-hybridized carbons (Fsp3) is 0.138. The molecule has 0 aliphatic carbocycles. The van der Waals surface area contributed by atoms with E-state index in [1.54, 1.807) is 30.5 Å². The molecule has 0 fully saturated rings. The lowest BCUT2D eigenvalue weighted by atomic mass is 9.87. The van der Waals surface area contributed by atoms with Crippen LogP contribution in [0.5, 0.6) is 0 Å². The van der Waals surface area contributed by atoms with Gasteiger partial charge in [0.15, 0.2) is 11.5 Å². The molecule has 0 radical (unpaired) electrons. The van der Waals surface area contributed by atoms with Gasteiger partial charge in [-0.05, 0) is 53.4 Å². The molecule has 1 amide bonds. The molecule has 7 heteroatoms. The van der Waals surface area contributed by atoms with E-state index in [4.69, 9.17) is 4.98 Å². The Balaban J connectivity index is 1.45. The lowest BCUT2D eigenvalue weighted by Crippen LogP contribution is -2.15. The van der Waals surface area contributed by atoms with Crippen molar-refractivity contribution < 1.29 is 9.18 Å². The molecule has 0 spiro atoms. The maximum absolute atomic E-state index is 14.7. The van der Waals surface area contributed by atoms with Gasteiger partial charge in [0.05, 0.1) is 11.4 Å². The van der Waals surface area contributed by atoms with Crippen LogP contribution in [-0.4, -0.2) is 20.3 Å². The minimum Gasteiger partial charge on any atom is -0.337 e. The number of nitrogens with zero attached hydrogens (tertiary/aromatic N) is 3. The summed E-state index contributed by atoms with van der Waals surface area (Å²) in [4.78, 5) is 22.0. The van der Waals surface area contributed by atoms with E-state index in [-0.39, 0.29) is 17.0 Å². The van der Waals surface area contributed by atoms with E-state index in [9.17, 15) is 9.18 Å². The van der Waals surface area contributed by atoms with Gasteiger partial charge >= 0.3 is 0 Å². The van der Waals surface area contributed by atoms with Crippen LogP contribution in [0.1, 0.15) is 36.7 Å². The molecule has 2 N–H and O–H groups in total. The second kappa shape index (κ2) is 9.26. The molecule has 5 rings (SSSR count). The van der Waals surface area contributed by atoms with Gasteiger partial charge in [0.25, 0.3) is 5.91 Å². The number of imidazole rings is 1. The summed E-state index contributed by atoms with van der Waals surface area (Å²) >= 11 is 0. The highest BCUT2D eigenvalue weighted by Crippen LogP contribution is 2.28. The Morgan fingerprint density at radius 3 is 2.44 bits per heavy atom. The van der Waals surface area contributed by atoms with Gasteiger partial charge in [-0.25, -0.2) is 14.4 Å². The third-order valence-corrected chi connectivity index (χ3v) is 5.93. The van der Waals surface area contributed by atoms with Gasteiger partial charge in [0.2, 0.25) is 0 Å². The maximum Gasteiger partial charge on any atom is 0.255 e. The van der Waals surface area contributed by atoms with Crippen LogP contribution in [0.2, 0.25) is 0 Å². The van der Waals surface area contributed by atoms with Gasteiger partial charge in [-0.15, -0.1) is 0 Å². The first kappa shape index (κ1) is 23.2. The number of aromatic nitrogens is 3. The average Bonchev–Trinajstić information content (AvgIpc) is 3.35. The zero-order valence-electron chi connectivity index (χ0n) is 20.3. The number of fused-ring (bicyclic) bond motifs is 1. The molecule has 6 nitrogen and oxygen atoms in total. The summed E-state index contributed by atoms with van der Waals surface area (Å²) in [5, 5.41) is 6.00.